The minimum Gasteiger partial charge on any atom is -0.452 e. The number of hydrogen-bond donors (Lipinski definition) is 2. The number of nitro benzene ring substituents is 1. The molecule has 0 saturated heterocycles. The van der Waals surface area contributed by atoms with Crippen LogP contribution in [0.2, 0.25) is 0 Å². The van der Waals surface area contributed by atoms with Crippen molar-refractivity contribution in [3.63, 3.8) is 0 Å². The predicted octanol–water partition coefficient (Wildman–Crippen LogP) is 2.96. The molecule has 0 unspecified atom stereocenters. The largest absolute Gasteiger partial charge is 0.452 e. The van der Waals surface area contributed by atoms with Crippen LogP contribution in [0.15, 0.2) is 48.5 Å². The van der Waals surface area contributed by atoms with Gasteiger partial charge in [0.05, 0.1) is 10.5 Å². The molecule has 26 heavy (non-hydrogen) atoms. The number of nitrogens with zero attached hydrogens (tertiary/aromatic N) is 1. The smallest absolute Gasteiger partial charge is 0.338 e. The average molecular weight is 355 g/mol. The lowest BCUT2D eigenvalue weighted by Gasteiger charge is -2.08. The Balaban J connectivity index is 1.61. The van der Waals surface area contributed by atoms with E-state index in [1.54, 1.807) is 24.3 Å². The van der Waals surface area contributed by atoms with Gasteiger partial charge in [-0.1, -0.05) is 18.2 Å². The number of hydrogen-bond acceptors (Lipinski definition) is 6. The zero-order chi connectivity index (χ0) is 18.5. The molecule has 0 aromatic heterocycles. The van der Waals surface area contributed by atoms with Crippen LogP contribution in [0.25, 0.3) is 0 Å². The number of rotatable bonds is 7. The average Bonchev–Trinajstić information content (AvgIpc) is 3.44. The highest BCUT2D eigenvalue weighted by Gasteiger charge is 2.26. The van der Waals surface area contributed by atoms with Crippen LogP contribution in [0, 0.1) is 10.1 Å². The summed E-state index contributed by atoms with van der Waals surface area (Å²) < 4.78 is 4.94. The first-order chi connectivity index (χ1) is 12.5. The molecule has 2 N–H and O–H groups in total. The molecule has 3 rings (SSSR count). The van der Waals surface area contributed by atoms with Crippen molar-refractivity contribution in [2.45, 2.75) is 18.9 Å². The van der Waals surface area contributed by atoms with Crippen molar-refractivity contribution < 1.29 is 19.2 Å². The van der Waals surface area contributed by atoms with Crippen LogP contribution in [0.1, 0.15) is 23.2 Å². The molecule has 2 aromatic rings. The molecule has 1 aliphatic carbocycles. The van der Waals surface area contributed by atoms with Crippen LogP contribution < -0.4 is 10.6 Å². The third-order valence-electron chi connectivity index (χ3n) is 3.76. The summed E-state index contributed by atoms with van der Waals surface area (Å²) in [4.78, 5) is 34.5. The Kier molecular flexibility index (Phi) is 5.12. The molecule has 8 nitrogen and oxygen atoms in total. The molecule has 1 fully saturated rings. The van der Waals surface area contributed by atoms with Crippen molar-refractivity contribution in [1.29, 1.82) is 0 Å². The predicted molar refractivity (Wildman–Crippen MR) is 95.1 cm³/mol. The quantitative estimate of drug-likeness (QED) is 0.449. The maximum atomic E-state index is 12.1. The van der Waals surface area contributed by atoms with Crippen molar-refractivity contribution in [2.75, 3.05) is 17.2 Å². The molecule has 0 radical (unpaired) electrons. The number of nitrogens with one attached hydrogen (secondary N) is 2. The second-order valence-corrected chi connectivity index (χ2v) is 5.90. The van der Waals surface area contributed by atoms with Gasteiger partial charge >= 0.3 is 5.97 Å². The maximum Gasteiger partial charge on any atom is 0.338 e. The first kappa shape index (κ1) is 17.4. The summed E-state index contributed by atoms with van der Waals surface area (Å²) in [6.45, 7) is -0.483. The van der Waals surface area contributed by atoms with Gasteiger partial charge in [-0.15, -0.1) is 0 Å². The lowest BCUT2D eigenvalue weighted by molar-refractivity contribution is -0.384. The van der Waals surface area contributed by atoms with E-state index in [-0.39, 0.29) is 17.3 Å². The van der Waals surface area contributed by atoms with E-state index in [1.807, 2.05) is 6.07 Å². The number of amides is 1. The van der Waals surface area contributed by atoms with Gasteiger partial charge in [0.2, 0.25) is 0 Å². The Bertz CT molecular complexity index is 834. The minimum atomic E-state index is -0.797. The highest BCUT2D eigenvalue weighted by molar-refractivity contribution is 5.96. The lowest BCUT2D eigenvalue weighted by Crippen LogP contribution is -2.21. The van der Waals surface area contributed by atoms with Crippen LogP contribution >= 0.6 is 0 Å². The third-order valence-corrected chi connectivity index (χ3v) is 3.76. The molecule has 8 heteroatoms. The van der Waals surface area contributed by atoms with Gasteiger partial charge in [0.15, 0.2) is 6.61 Å². The monoisotopic (exact) mass is 355 g/mol. The van der Waals surface area contributed by atoms with Crippen LogP contribution in [0.3, 0.4) is 0 Å². The van der Waals surface area contributed by atoms with Crippen molar-refractivity contribution in [2.24, 2.45) is 0 Å². The van der Waals surface area contributed by atoms with E-state index in [2.05, 4.69) is 10.6 Å². The van der Waals surface area contributed by atoms with Crippen LogP contribution in [0.5, 0.6) is 0 Å². The zero-order valence-corrected chi connectivity index (χ0v) is 13.8. The standard InChI is InChI=1S/C18H17N3O5/c22-17(20-13-4-2-1-3-5-13)11-26-18(23)12-6-9-15(19-14-7-8-14)16(10-12)21(24)25/h1-6,9-10,14,19H,7-8,11H2,(H,20,22). The molecule has 0 heterocycles. The van der Waals surface area contributed by atoms with E-state index in [4.69, 9.17) is 4.74 Å². The van der Waals surface area contributed by atoms with Crippen molar-refractivity contribution in [3.8, 4) is 0 Å². The highest BCUT2D eigenvalue weighted by atomic mass is 16.6. The van der Waals surface area contributed by atoms with Crippen LogP contribution in [-0.2, 0) is 9.53 Å². The van der Waals surface area contributed by atoms with Gasteiger partial charge in [-0.05, 0) is 37.1 Å². The molecule has 0 aliphatic heterocycles. The molecule has 0 atom stereocenters. The van der Waals surface area contributed by atoms with Gasteiger partial charge in [-0.3, -0.25) is 14.9 Å². The first-order valence-corrected chi connectivity index (χ1v) is 8.10. The zero-order valence-electron chi connectivity index (χ0n) is 13.8. The van der Waals surface area contributed by atoms with E-state index >= 15 is 0 Å². The summed E-state index contributed by atoms with van der Waals surface area (Å²) >= 11 is 0. The van der Waals surface area contributed by atoms with E-state index in [1.165, 1.54) is 12.1 Å². The molecular formula is C18H17N3O5. The Morgan fingerprint density at radius 1 is 1.15 bits per heavy atom. The number of nitro groups is 1. The van der Waals surface area contributed by atoms with Gasteiger partial charge in [0.1, 0.15) is 5.69 Å². The van der Waals surface area contributed by atoms with Crippen LogP contribution in [-0.4, -0.2) is 29.4 Å². The number of esters is 1. The summed E-state index contributed by atoms with van der Waals surface area (Å²) in [6, 6.07) is 13.1. The topological polar surface area (TPSA) is 111 Å². The van der Waals surface area contributed by atoms with Gasteiger partial charge < -0.3 is 15.4 Å². The third kappa shape index (κ3) is 4.56. The van der Waals surface area contributed by atoms with Gasteiger partial charge in [-0.2, -0.15) is 0 Å². The number of ether oxygens (including phenoxy) is 1. The lowest BCUT2D eigenvalue weighted by atomic mass is 10.1. The fraction of sp³-hybridized carbons (Fsp3) is 0.222. The van der Waals surface area contributed by atoms with E-state index < -0.39 is 23.4 Å². The van der Waals surface area contributed by atoms with E-state index in [9.17, 15) is 19.7 Å². The second kappa shape index (κ2) is 7.64. The van der Waals surface area contributed by atoms with Gasteiger partial charge in [0.25, 0.3) is 11.6 Å². The summed E-state index contributed by atoms with van der Waals surface area (Å²) in [5, 5.41) is 16.9. The number of carbonyl (C=O) groups is 2. The molecule has 0 spiro atoms. The highest BCUT2D eigenvalue weighted by Crippen LogP contribution is 2.31. The fourth-order valence-electron chi connectivity index (χ4n) is 2.31. The molecular weight excluding hydrogens is 338 g/mol. The van der Waals surface area contributed by atoms with Gasteiger partial charge in [0, 0.05) is 17.8 Å². The fourth-order valence-corrected chi connectivity index (χ4v) is 2.31. The Morgan fingerprint density at radius 3 is 2.54 bits per heavy atom. The SMILES string of the molecule is O=C(COC(=O)c1ccc(NC2CC2)c([N+](=O)[O-])c1)Nc1ccccc1. The Morgan fingerprint density at radius 2 is 1.88 bits per heavy atom. The summed E-state index contributed by atoms with van der Waals surface area (Å²) in [6.07, 6.45) is 1.94. The summed E-state index contributed by atoms with van der Waals surface area (Å²) in [5.41, 5.74) is 0.779. The molecule has 2 aromatic carbocycles. The summed E-state index contributed by atoms with van der Waals surface area (Å²) in [5.74, 6) is -1.29. The molecule has 1 aliphatic rings. The summed E-state index contributed by atoms with van der Waals surface area (Å²) in [7, 11) is 0. The first-order valence-electron chi connectivity index (χ1n) is 8.10. The van der Waals surface area contributed by atoms with E-state index in [0.29, 0.717) is 11.4 Å². The number of anilines is 2. The molecule has 1 saturated carbocycles. The van der Waals surface area contributed by atoms with Crippen molar-refractivity contribution in [3.05, 3.63) is 64.2 Å². The van der Waals surface area contributed by atoms with Gasteiger partial charge in [-0.25, -0.2) is 4.79 Å². The number of carbonyl (C=O) groups excluding carboxylic acids is 2. The molecule has 134 valence electrons. The number of para-hydroxylation sites is 1. The Hall–Kier alpha value is -3.42. The van der Waals surface area contributed by atoms with E-state index in [0.717, 1.165) is 18.9 Å². The van der Waals surface area contributed by atoms with Crippen molar-refractivity contribution in [1.82, 2.24) is 0 Å². The second-order valence-electron chi connectivity index (χ2n) is 5.90. The Labute approximate surface area is 149 Å². The maximum absolute atomic E-state index is 12.1. The van der Waals surface area contributed by atoms with Crippen molar-refractivity contribution >= 4 is 28.9 Å². The minimum absolute atomic E-state index is 0.0190. The van der Waals surface area contributed by atoms with Crippen LogP contribution in [0.4, 0.5) is 17.1 Å². The number of benzene rings is 2. The molecule has 0 bridgehead atoms. The normalized spacial score (nSPS) is 12.9. The molecule has 1 amide bonds.